The van der Waals surface area contributed by atoms with Gasteiger partial charge in [0.2, 0.25) is 0 Å². The number of nitrogen functional groups attached to an aromatic ring is 1. The third-order valence-electron chi connectivity index (χ3n) is 2.13. The lowest BCUT2D eigenvalue weighted by molar-refractivity contribution is 0.206. The third kappa shape index (κ3) is 2.60. The van der Waals surface area contributed by atoms with Gasteiger partial charge >= 0.3 is 0 Å². The second-order valence-electron chi connectivity index (χ2n) is 3.26. The molecule has 78 valence electrons. The summed E-state index contributed by atoms with van der Waals surface area (Å²) in [6.07, 6.45) is 0. The summed E-state index contributed by atoms with van der Waals surface area (Å²) in [4.78, 5) is 6.41. The number of aromatic nitrogens is 1. The lowest BCUT2D eigenvalue weighted by atomic mass is 10.3. The molecule has 0 bridgehead atoms. The summed E-state index contributed by atoms with van der Waals surface area (Å²) in [7, 11) is 3.67. The summed E-state index contributed by atoms with van der Waals surface area (Å²) in [5.74, 6) is 0.925. The van der Waals surface area contributed by atoms with Gasteiger partial charge in [-0.1, -0.05) is 0 Å². The molecule has 2 N–H and O–H groups in total. The van der Waals surface area contributed by atoms with Crippen LogP contribution in [0.4, 0.5) is 11.5 Å². The Balaban J connectivity index is 2.70. The third-order valence-corrected chi connectivity index (χ3v) is 2.13. The number of hydrogen-bond donors (Lipinski definition) is 1. The molecular formula is C10H17N3O. The summed E-state index contributed by atoms with van der Waals surface area (Å²) in [6.45, 7) is 3.43. The van der Waals surface area contributed by atoms with E-state index in [1.807, 2.05) is 31.0 Å². The van der Waals surface area contributed by atoms with E-state index in [0.29, 0.717) is 6.61 Å². The Kier molecular flexibility index (Phi) is 3.71. The van der Waals surface area contributed by atoms with E-state index in [1.54, 1.807) is 7.11 Å². The summed E-state index contributed by atoms with van der Waals surface area (Å²) in [6, 6.07) is 3.79. The van der Waals surface area contributed by atoms with Gasteiger partial charge in [0.1, 0.15) is 5.82 Å². The zero-order valence-corrected chi connectivity index (χ0v) is 8.95. The van der Waals surface area contributed by atoms with E-state index in [0.717, 1.165) is 23.7 Å². The number of hydrogen-bond acceptors (Lipinski definition) is 4. The minimum Gasteiger partial charge on any atom is -0.397 e. The Bertz CT molecular complexity index is 301. The molecule has 0 aliphatic carbocycles. The van der Waals surface area contributed by atoms with E-state index in [-0.39, 0.29) is 0 Å². The molecule has 1 heterocycles. The molecule has 0 aromatic carbocycles. The molecule has 1 aromatic rings. The van der Waals surface area contributed by atoms with Gasteiger partial charge in [-0.25, -0.2) is 4.98 Å². The number of likely N-dealkylation sites (N-methyl/N-ethyl adjacent to an activating group) is 1. The molecule has 14 heavy (non-hydrogen) atoms. The highest BCUT2D eigenvalue weighted by Gasteiger charge is 2.03. The van der Waals surface area contributed by atoms with Gasteiger partial charge in [0.15, 0.2) is 0 Å². The first-order chi connectivity index (χ1) is 6.65. The normalized spacial score (nSPS) is 10.2. The molecule has 0 amide bonds. The van der Waals surface area contributed by atoms with E-state index in [4.69, 9.17) is 10.5 Å². The first kappa shape index (κ1) is 10.8. The summed E-state index contributed by atoms with van der Waals surface area (Å²) >= 11 is 0. The predicted octanol–water partition coefficient (Wildman–Crippen LogP) is 1.05. The highest BCUT2D eigenvalue weighted by molar-refractivity contribution is 5.49. The molecular weight excluding hydrogens is 178 g/mol. The van der Waals surface area contributed by atoms with Gasteiger partial charge in [-0.3, -0.25) is 0 Å². The Hall–Kier alpha value is -1.29. The summed E-state index contributed by atoms with van der Waals surface area (Å²) in [5.41, 5.74) is 7.28. The number of methoxy groups -OCH3 is 1. The van der Waals surface area contributed by atoms with Crippen molar-refractivity contribution in [3.63, 3.8) is 0 Å². The molecule has 0 unspecified atom stereocenters. The van der Waals surface area contributed by atoms with E-state index in [1.165, 1.54) is 0 Å². The molecule has 1 rings (SSSR count). The van der Waals surface area contributed by atoms with Gasteiger partial charge < -0.3 is 15.4 Å². The van der Waals surface area contributed by atoms with Crippen LogP contribution in [-0.4, -0.2) is 32.3 Å². The minimum absolute atomic E-state index is 0.696. The fourth-order valence-corrected chi connectivity index (χ4v) is 1.11. The molecule has 1 aromatic heterocycles. The van der Waals surface area contributed by atoms with Crippen LogP contribution < -0.4 is 10.6 Å². The second kappa shape index (κ2) is 4.81. The van der Waals surface area contributed by atoms with Gasteiger partial charge in [0.05, 0.1) is 18.0 Å². The number of nitrogens with two attached hydrogens (primary N) is 1. The van der Waals surface area contributed by atoms with Crippen LogP contribution in [0.5, 0.6) is 0 Å². The predicted molar refractivity (Wildman–Crippen MR) is 58.5 cm³/mol. The summed E-state index contributed by atoms with van der Waals surface area (Å²) in [5, 5.41) is 0. The smallest absolute Gasteiger partial charge is 0.128 e. The highest BCUT2D eigenvalue weighted by Crippen LogP contribution is 2.14. The molecule has 0 fully saturated rings. The number of rotatable bonds is 4. The lowest BCUT2D eigenvalue weighted by Gasteiger charge is -2.18. The van der Waals surface area contributed by atoms with E-state index < -0.39 is 0 Å². The van der Waals surface area contributed by atoms with E-state index >= 15 is 0 Å². The van der Waals surface area contributed by atoms with Crippen molar-refractivity contribution in [2.24, 2.45) is 0 Å². The van der Waals surface area contributed by atoms with Gasteiger partial charge in [-0.05, 0) is 19.1 Å². The van der Waals surface area contributed by atoms with E-state index in [9.17, 15) is 0 Å². The molecule has 4 nitrogen and oxygen atoms in total. The Morgan fingerprint density at radius 2 is 2.21 bits per heavy atom. The molecule has 0 atom stereocenters. The molecule has 0 radical (unpaired) electrons. The van der Waals surface area contributed by atoms with Gasteiger partial charge in [-0.2, -0.15) is 0 Å². The van der Waals surface area contributed by atoms with Crippen LogP contribution in [0.25, 0.3) is 0 Å². The lowest BCUT2D eigenvalue weighted by Crippen LogP contribution is -2.23. The van der Waals surface area contributed by atoms with Crippen molar-refractivity contribution in [2.75, 3.05) is 37.9 Å². The number of aryl methyl sites for hydroxylation is 1. The van der Waals surface area contributed by atoms with Crippen molar-refractivity contribution in [3.8, 4) is 0 Å². The van der Waals surface area contributed by atoms with Crippen LogP contribution in [0.2, 0.25) is 0 Å². The number of anilines is 2. The fraction of sp³-hybridized carbons (Fsp3) is 0.500. The molecule has 4 heteroatoms. The monoisotopic (exact) mass is 195 g/mol. The van der Waals surface area contributed by atoms with Gasteiger partial charge in [-0.15, -0.1) is 0 Å². The number of pyridine rings is 1. The van der Waals surface area contributed by atoms with Crippen LogP contribution in [0, 0.1) is 6.92 Å². The molecule has 0 aliphatic rings. The second-order valence-corrected chi connectivity index (χ2v) is 3.26. The van der Waals surface area contributed by atoms with Crippen molar-refractivity contribution in [1.29, 1.82) is 0 Å². The number of nitrogens with zero attached hydrogens (tertiary/aromatic N) is 2. The van der Waals surface area contributed by atoms with Crippen LogP contribution in [0.1, 0.15) is 5.69 Å². The SMILES string of the molecule is COCCN(C)c1ccc(N)c(C)n1. The van der Waals surface area contributed by atoms with Gasteiger partial charge in [0.25, 0.3) is 0 Å². The highest BCUT2D eigenvalue weighted by atomic mass is 16.5. The van der Waals surface area contributed by atoms with Crippen LogP contribution in [-0.2, 0) is 4.74 Å². The quantitative estimate of drug-likeness (QED) is 0.780. The van der Waals surface area contributed by atoms with Crippen LogP contribution >= 0.6 is 0 Å². The standard InChI is InChI=1S/C10H17N3O/c1-8-9(11)4-5-10(12-8)13(2)6-7-14-3/h4-5H,6-7,11H2,1-3H3. The molecule has 0 saturated heterocycles. The topological polar surface area (TPSA) is 51.4 Å². The maximum absolute atomic E-state index is 5.68. The zero-order chi connectivity index (χ0) is 10.6. The van der Waals surface area contributed by atoms with Crippen molar-refractivity contribution < 1.29 is 4.74 Å². The summed E-state index contributed by atoms with van der Waals surface area (Å²) < 4.78 is 4.99. The average molecular weight is 195 g/mol. The zero-order valence-electron chi connectivity index (χ0n) is 8.95. The minimum atomic E-state index is 0.696. The maximum atomic E-state index is 5.68. The molecule has 0 aliphatic heterocycles. The Morgan fingerprint density at radius 1 is 1.50 bits per heavy atom. The average Bonchev–Trinajstić information content (AvgIpc) is 2.18. The Labute approximate surface area is 84.7 Å². The van der Waals surface area contributed by atoms with Crippen LogP contribution in [0.15, 0.2) is 12.1 Å². The molecule has 0 saturated carbocycles. The van der Waals surface area contributed by atoms with Crippen molar-refractivity contribution in [2.45, 2.75) is 6.92 Å². The van der Waals surface area contributed by atoms with Crippen molar-refractivity contribution in [3.05, 3.63) is 17.8 Å². The number of ether oxygens (including phenoxy) is 1. The van der Waals surface area contributed by atoms with E-state index in [2.05, 4.69) is 4.98 Å². The van der Waals surface area contributed by atoms with Gasteiger partial charge in [0, 0.05) is 20.7 Å². The van der Waals surface area contributed by atoms with Crippen molar-refractivity contribution in [1.82, 2.24) is 4.98 Å². The van der Waals surface area contributed by atoms with Crippen LogP contribution in [0.3, 0.4) is 0 Å². The Morgan fingerprint density at radius 3 is 2.79 bits per heavy atom. The fourth-order valence-electron chi connectivity index (χ4n) is 1.11. The first-order valence-electron chi connectivity index (χ1n) is 4.58. The maximum Gasteiger partial charge on any atom is 0.128 e. The first-order valence-corrected chi connectivity index (χ1v) is 4.58. The van der Waals surface area contributed by atoms with Crippen molar-refractivity contribution >= 4 is 11.5 Å². The largest absolute Gasteiger partial charge is 0.397 e. The molecule has 0 spiro atoms.